The molecule has 1 aliphatic heterocycles. The molecule has 0 aliphatic carbocycles. The Balaban J connectivity index is 1.92. The van der Waals surface area contributed by atoms with E-state index in [2.05, 4.69) is 10.3 Å². The molecule has 0 saturated carbocycles. The number of aromatic nitrogens is 1. The van der Waals surface area contributed by atoms with E-state index < -0.39 is 0 Å². The first-order valence-corrected chi connectivity index (χ1v) is 6.25. The average molecular weight is 236 g/mol. The zero-order chi connectivity index (χ0) is 12.3. The summed E-state index contributed by atoms with van der Waals surface area (Å²) >= 11 is 0. The van der Waals surface area contributed by atoms with Crippen LogP contribution < -0.4 is 5.32 Å². The number of aromatic amines is 1. The Labute approximate surface area is 102 Å². The Kier molecular flexibility index (Phi) is 3.84. The summed E-state index contributed by atoms with van der Waals surface area (Å²) in [4.78, 5) is 14.9. The van der Waals surface area contributed by atoms with Crippen LogP contribution in [-0.4, -0.2) is 29.6 Å². The van der Waals surface area contributed by atoms with Gasteiger partial charge in [-0.05, 0) is 44.7 Å². The van der Waals surface area contributed by atoms with Gasteiger partial charge in [-0.1, -0.05) is 0 Å². The minimum Gasteiger partial charge on any atom is -0.376 e. The van der Waals surface area contributed by atoms with Crippen LogP contribution in [0.15, 0.2) is 12.3 Å². The molecule has 0 spiro atoms. The third kappa shape index (κ3) is 2.88. The lowest BCUT2D eigenvalue weighted by atomic mass is 10.0. The van der Waals surface area contributed by atoms with Gasteiger partial charge in [0.15, 0.2) is 0 Å². The van der Waals surface area contributed by atoms with Crippen LogP contribution in [0, 0.1) is 6.92 Å². The van der Waals surface area contributed by atoms with Crippen LogP contribution in [0.2, 0.25) is 0 Å². The molecule has 4 heteroatoms. The number of aryl methyl sites for hydroxylation is 1. The highest BCUT2D eigenvalue weighted by atomic mass is 16.5. The van der Waals surface area contributed by atoms with E-state index in [0.717, 1.165) is 25.0 Å². The van der Waals surface area contributed by atoms with Crippen molar-refractivity contribution >= 4 is 5.91 Å². The third-order valence-corrected chi connectivity index (χ3v) is 3.31. The SMILES string of the molecule is Cc1cc[nH]c1C(=O)NC(C)C1CCCCO1. The van der Waals surface area contributed by atoms with Crippen molar-refractivity contribution in [2.45, 2.75) is 45.3 Å². The van der Waals surface area contributed by atoms with E-state index in [9.17, 15) is 4.79 Å². The fourth-order valence-corrected chi connectivity index (χ4v) is 2.22. The maximum absolute atomic E-state index is 12.0. The highest BCUT2D eigenvalue weighted by Crippen LogP contribution is 2.16. The zero-order valence-electron chi connectivity index (χ0n) is 10.5. The molecule has 94 valence electrons. The lowest BCUT2D eigenvalue weighted by Gasteiger charge is -2.28. The predicted octanol–water partition coefficient (Wildman–Crippen LogP) is 2.01. The van der Waals surface area contributed by atoms with E-state index in [1.54, 1.807) is 6.20 Å². The lowest BCUT2D eigenvalue weighted by molar-refractivity contribution is -0.00302. The van der Waals surface area contributed by atoms with Crippen molar-refractivity contribution in [3.05, 3.63) is 23.5 Å². The highest BCUT2D eigenvalue weighted by Gasteiger charge is 2.23. The van der Waals surface area contributed by atoms with E-state index in [0.29, 0.717) is 5.69 Å². The van der Waals surface area contributed by atoms with Gasteiger partial charge >= 0.3 is 0 Å². The molecule has 17 heavy (non-hydrogen) atoms. The van der Waals surface area contributed by atoms with E-state index in [1.807, 2.05) is 19.9 Å². The summed E-state index contributed by atoms with van der Waals surface area (Å²) in [6.07, 6.45) is 5.29. The van der Waals surface area contributed by atoms with Gasteiger partial charge in [0.1, 0.15) is 5.69 Å². The van der Waals surface area contributed by atoms with Gasteiger partial charge in [-0.3, -0.25) is 4.79 Å². The van der Waals surface area contributed by atoms with Crippen molar-refractivity contribution in [1.82, 2.24) is 10.3 Å². The van der Waals surface area contributed by atoms with Crippen molar-refractivity contribution in [3.8, 4) is 0 Å². The summed E-state index contributed by atoms with van der Waals surface area (Å²) in [5.74, 6) is -0.0471. The molecule has 1 aromatic rings. The Morgan fingerprint density at radius 3 is 3.00 bits per heavy atom. The first-order valence-electron chi connectivity index (χ1n) is 6.25. The van der Waals surface area contributed by atoms with E-state index in [1.165, 1.54) is 6.42 Å². The van der Waals surface area contributed by atoms with Crippen molar-refractivity contribution in [1.29, 1.82) is 0 Å². The predicted molar refractivity (Wildman–Crippen MR) is 66.0 cm³/mol. The molecule has 1 amide bonds. The minimum atomic E-state index is -0.0471. The normalized spacial score (nSPS) is 22.1. The second kappa shape index (κ2) is 5.36. The molecular formula is C13H20N2O2. The molecule has 0 aromatic carbocycles. The van der Waals surface area contributed by atoms with Crippen LogP contribution in [-0.2, 0) is 4.74 Å². The summed E-state index contributed by atoms with van der Waals surface area (Å²) < 4.78 is 5.66. The maximum atomic E-state index is 12.0. The maximum Gasteiger partial charge on any atom is 0.268 e. The van der Waals surface area contributed by atoms with Crippen LogP contribution in [0.1, 0.15) is 42.2 Å². The zero-order valence-corrected chi connectivity index (χ0v) is 10.5. The molecule has 2 heterocycles. The van der Waals surface area contributed by atoms with Gasteiger partial charge in [0.25, 0.3) is 5.91 Å². The van der Waals surface area contributed by atoms with Crippen LogP contribution in [0.4, 0.5) is 0 Å². The Morgan fingerprint density at radius 2 is 2.41 bits per heavy atom. The van der Waals surface area contributed by atoms with Crippen molar-refractivity contribution in [2.75, 3.05) is 6.61 Å². The first kappa shape index (κ1) is 12.2. The van der Waals surface area contributed by atoms with Crippen LogP contribution in [0.5, 0.6) is 0 Å². The van der Waals surface area contributed by atoms with Gasteiger partial charge in [0.2, 0.25) is 0 Å². The quantitative estimate of drug-likeness (QED) is 0.843. The number of hydrogen-bond acceptors (Lipinski definition) is 2. The molecular weight excluding hydrogens is 216 g/mol. The molecule has 2 N–H and O–H groups in total. The van der Waals surface area contributed by atoms with E-state index >= 15 is 0 Å². The largest absolute Gasteiger partial charge is 0.376 e. The second-order valence-corrected chi connectivity index (χ2v) is 4.70. The number of hydrogen-bond donors (Lipinski definition) is 2. The Hall–Kier alpha value is -1.29. The Bertz CT molecular complexity index is 381. The average Bonchev–Trinajstić information content (AvgIpc) is 2.76. The van der Waals surface area contributed by atoms with Crippen LogP contribution in [0.25, 0.3) is 0 Å². The summed E-state index contributed by atoms with van der Waals surface area (Å²) in [6.45, 7) is 4.74. The molecule has 0 bridgehead atoms. The molecule has 2 rings (SSSR count). The van der Waals surface area contributed by atoms with Crippen molar-refractivity contribution in [3.63, 3.8) is 0 Å². The summed E-state index contributed by atoms with van der Waals surface area (Å²) in [5, 5.41) is 3.00. The van der Waals surface area contributed by atoms with Gasteiger partial charge in [0, 0.05) is 12.8 Å². The molecule has 0 radical (unpaired) electrons. The van der Waals surface area contributed by atoms with Gasteiger partial charge < -0.3 is 15.0 Å². The molecule has 1 fully saturated rings. The molecule has 1 saturated heterocycles. The fraction of sp³-hybridized carbons (Fsp3) is 0.615. The number of carbonyl (C=O) groups excluding carboxylic acids is 1. The molecule has 1 aliphatic rings. The fourth-order valence-electron chi connectivity index (χ4n) is 2.22. The van der Waals surface area contributed by atoms with Gasteiger partial charge in [0.05, 0.1) is 12.1 Å². The second-order valence-electron chi connectivity index (χ2n) is 4.70. The van der Waals surface area contributed by atoms with Gasteiger partial charge in [-0.25, -0.2) is 0 Å². The van der Waals surface area contributed by atoms with Crippen molar-refractivity contribution < 1.29 is 9.53 Å². The monoisotopic (exact) mass is 236 g/mol. The Morgan fingerprint density at radius 1 is 1.59 bits per heavy atom. The topological polar surface area (TPSA) is 54.1 Å². The first-order chi connectivity index (χ1) is 8.18. The van der Waals surface area contributed by atoms with E-state index in [-0.39, 0.29) is 18.1 Å². The molecule has 2 atom stereocenters. The number of amides is 1. The van der Waals surface area contributed by atoms with Crippen molar-refractivity contribution in [2.24, 2.45) is 0 Å². The standard InChI is InChI=1S/C13H20N2O2/c1-9-6-7-14-12(9)13(16)15-10(2)11-5-3-4-8-17-11/h6-7,10-11,14H,3-5,8H2,1-2H3,(H,15,16). The smallest absolute Gasteiger partial charge is 0.268 e. The third-order valence-electron chi connectivity index (χ3n) is 3.31. The molecule has 2 unspecified atom stereocenters. The summed E-state index contributed by atoms with van der Waals surface area (Å²) in [7, 11) is 0. The molecule has 4 nitrogen and oxygen atoms in total. The number of carbonyl (C=O) groups is 1. The van der Waals surface area contributed by atoms with Gasteiger partial charge in [-0.2, -0.15) is 0 Å². The van der Waals surface area contributed by atoms with Crippen LogP contribution >= 0.6 is 0 Å². The number of ether oxygens (including phenoxy) is 1. The highest BCUT2D eigenvalue weighted by molar-refractivity contribution is 5.94. The number of rotatable bonds is 3. The van der Waals surface area contributed by atoms with Gasteiger partial charge in [-0.15, -0.1) is 0 Å². The molecule has 1 aromatic heterocycles. The lowest BCUT2D eigenvalue weighted by Crippen LogP contribution is -2.44. The summed E-state index contributed by atoms with van der Waals surface area (Å²) in [6, 6.07) is 1.96. The summed E-state index contributed by atoms with van der Waals surface area (Å²) in [5.41, 5.74) is 1.62. The van der Waals surface area contributed by atoms with E-state index in [4.69, 9.17) is 4.74 Å². The van der Waals surface area contributed by atoms with Crippen LogP contribution in [0.3, 0.4) is 0 Å². The number of nitrogens with one attached hydrogen (secondary N) is 2. The number of H-pyrrole nitrogens is 1. The minimum absolute atomic E-state index is 0.0471.